The van der Waals surface area contributed by atoms with Gasteiger partial charge < -0.3 is 0 Å². The van der Waals surface area contributed by atoms with Gasteiger partial charge in [-0.2, -0.15) is 0 Å². The molecule has 2 aliphatic heterocycles. The molecule has 0 aromatic heterocycles. The van der Waals surface area contributed by atoms with Crippen LogP contribution < -0.4 is 0 Å². The van der Waals surface area contributed by atoms with E-state index in [9.17, 15) is 0 Å². The van der Waals surface area contributed by atoms with Gasteiger partial charge in [-0.05, 0) is 0 Å². The molecule has 0 fully saturated rings. The van der Waals surface area contributed by atoms with E-state index in [0.717, 1.165) is 0 Å². The maximum absolute atomic E-state index is 2.53. The Morgan fingerprint density at radius 1 is 0.500 bits per heavy atom. The third-order valence-corrected chi connectivity index (χ3v) is 18.6. The molecule has 2 heterocycles. The summed E-state index contributed by atoms with van der Waals surface area (Å²) in [6, 6.07) is 21.9. The SMILES string of the molecule is C1=C(c2ccccc2)[Se]C(=C2[Se]C=C(c3ccccc3)[Se]2)[Se]1. The zero-order chi connectivity index (χ0) is 14.8. The molecule has 0 N–H and O–H groups in total. The van der Waals surface area contributed by atoms with Gasteiger partial charge in [-0.1, -0.05) is 0 Å². The van der Waals surface area contributed by atoms with Gasteiger partial charge >= 0.3 is 157 Å². The van der Waals surface area contributed by atoms with E-state index in [-0.39, 0.29) is 0 Å². The Labute approximate surface area is 156 Å². The van der Waals surface area contributed by atoms with Crippen molar-refractivity contribution >= 4 is 68.8 Å². The first-order chi connectivity index (χ1) is 10.9. The summed E-state index contributed by atoms with van der Waals surface area (Å²) in [6.45, 7) is 0. The van der Waals surface area contributed by atoms with Crippen LogP contribution in [0.5, 0.6) is 0 Å². The molecule has 2 aromatic rings. The Kier molecular flexibility index (Phi) is 4.93. The van der Waals surface area contributed by atoms with Crippen LogP contribution in [0.4, 0.5) is 0 Å². The fourth-order valence-corrected chi connectivity index (χ4v) is 16.7. The van der Waals surface area contributed by atoms with E-state index in [0.29, 0.717) is 59.8 Å². The van der Waals surface area contributed by atoms with Crippen molar-refractivity contribution in [2.45, 2.75) is 0 Å². The zero-order valence-corrected chi connectivity index (χ0v) is 18.4. The van der Waals surface area contributed by atoms with E-state index < -0.39 is 0 Å². The van der Waals surface area contributed by atoms with Crippen LogP contribution in [0.2, 0.25) is 0 Å². The summed E-state index contributed by atoms with van der Waals surface area (Å²) in [6.07, 6.45) is 0. The molecule has 0 saturated carbocycles. The first-order valence-corrected chi connectivity index (χ1v) is 14.0. The number of hydrogen-bond donors (Lipinski definition) is 0. The first-order valence-electron chi connectivity index (χ1n) is 6.84. The first kappa shape index (κ1) is 15.3. The Morgan fingerprint density at radius 2 is 0.909 bits per heavy atom. The van der Waals surface area contributed by atoms with Gasteiger partial charge in [0, 0.05) is 0 Å². The van der Waals surface area contributed by atoms with E-state index in [4.69, 9.17) is 0 Å². The van der Waals surface area contributed by atoms with Crippen LogP contribution in [0.25, 0.3) is 8.94 Å². The predicted octanol–water partition coefficient (Wildman–Crippen LogP) is 2.95. The van der Waals surface area contributed by atoms with Crippen LogP contribution in [0.3, 0.4) is 0 Å². The van der Waals surface area contributed by atoms with Crippen LogP contribution in [0.1, 0.15) is 11.1 Å². The van der Waals surface area contributed by atoms with E-state index in [1.54, 1.807) is 8.94 Å². The number of benzene rings is 2. The molecule has 0 spiro atoms. The second kappa shape index (κ2) is 7.10. The second-order valence-corrected chi connectivity index (χ2v) is 15.4. The summed E-state index contributed by atoms with van der Waals surface area (Å²) in [4.78, 5) is 5.05. The third-order valence-electron chi connectivity index (χ3n) is 3.23. The molecule has 4 rings (SSSR count). The number of rotatable bonds is 2. The minimum absolute atomic E-state index is 0.570. The molecule has 2 aliphatic rings. The third kappa shape index (κ3) is 3.31. The molecule has 2 aromatic carbocycles. The summed E-state index contributed by atoms with van der Waals surface area (Å²) >= 11 is 2.34. The van der Waals surface area contributed by atoms with Gasteiger partial charge in [0.05, 0.1) is 0 Å². The van der Waals surface area contributed by atoms with Crippen molar-refractivity contribution in [1.29, 1.82) is 0 Å². The Morgan fingerprint density at radius 3 is 1.32 bits per heavy atom. The average molecular weight is 544 g/mol. The Hall–Kier alpha value is -0.262. The molecule has 0 bridgehead atoms. The summed E-state index contributed by atoms with van der Waals surface area (Å²) in [5.41, 5.74) is 2.88. The molecular formula is C18H12Se4. The van der Waals surface area contributed by atoms with Gasteiger partial charge in [0.15, 0.2) is 0 Å². The molecule has 108 valence electrons. The molecular weight excluding hydrogens is 532 g/mol. The monoisotopic (exact) mass is 548 g/mol. The van der Waals surface area contributed by atoms with Crippen molar-refractivity contribution in [3.63, 3.8) is 0 Å². The summed E-state index contributed by atoms with van der Waals surface area (Å²) in [5, 5.41) is 0. The van der Waals surface area contributed by atoms with Gasteiger partial charge in [0.2, 0.25) is 0 Å². The van der Waals surface area contributed by atoms with Crippen molar-refractivity contribution in [2.75, 3.05) is 0 Å². The van der Waals surface area contributed by atoms with Gasteiger partial charge in [-0.25, -0.2) is 0 Å². The number of hydrogen-bond acceptors (Lipinski definition) is 0. The predicted molar refractivity (Wildman–Crippen MR) is 98.9 cm³/mol. The molecule has 0 saturated heterocycles. The fraction of sp³-hybridized carbons (Fsp3) is 0. The zero-order valence-electron chi connectivity index (χ0n) is 11.6. The molecule has 0 aliphatic carbocycles. The Balaban J connectivity index is 1.50. The molecule has 0 nitrogen and oxygen atoms in total. The quantitative estimate of drug-likeness (QED) is 0.511. The molecule has 0 unspecified atom stereocenters. The van der Waals surface area contributed by atoms with Gasteiger partial charge in [-0.3, -0.25) is 0 Å². The van der Waals surface area contributed by atoms with E-state index in [1.165, 1.54) is 11.1 Å². The Bertz CT molecular complexity index is 706. The van der Waals surface area contributed by atoms with Crippen LogP contribution in [-0.4, -0.2) is 59.8 Å². The van der Waals surface area contributed by atoms with Crippen molar-refractivity contribution in [3.05, 3.63) is 88.5 Å². The van der Waals surface area contributed by atoms with Crippen molar-refractivity contribution < 1.29 is 0 Å². The average Bonchev–Trinajstić information content (AvgIpc) is 3.26. The van der Waals surface area contributed by atoms with Gasteiger partial charge in [0.1, 0.15) is 0 Å². The van der Waals surface area contributed by atoms with Crippen molar-refractivity contribution in [1.82, 2.24) is 0 Å². The summed E-state index contributed by atoms with van der Waals surface area (Å²) in [7, 11) is 0. The molecule has 4 heteroatoms. The van der Waals surface area contributed by atoms with Crippen molar-refractivity contribution in [2.24, 2.45) is 0 Å². The van der Waals surface area contributed by atoms with Crippen LogP contribution in [0, 0.1) is 0 Å². The van der Waals surface area contributed by atoms with Crippen molar-refractivity contribution in [3.8, 4) is 0 Å². The van der Waals surface area contributed by atoms with Gasteiger partial charge in [0.25, 0.3) is 0 Å². The molecule has 0 atom stereocenters. The topological polar surface area (TPSA) is 0 Å². The fourth-order valence-electron chi connectivity index (χ4n) is 2.15. The van der Waals surface area contributed by atoms with Crippen LogP contribution in [-0.2, 0) is 0 Å². The van der Waals surface area contributed by atoms with Crippen LogP contribution in [0.15, 0.2) is 77.4 Å². The van der Waals surface area contributed by atoms with E-state index >= 15 is 0 Å². The standard InChI is InChI=1S/C18H12Se4/c1-3-7-13(8-4-1)15-11-19-17(21-15)18-20-12-16(22-18)14-9-5-2-6-10-14/h1-12H. The maximum atomic E-state index is 2.53. The van der Waals surface area contributed by atoms with E-state index in [1.807, 2.05) is 6.74 Å². The minimum atomic E-state index is 0.570. The second-order valence-electron chi connectivity index (χ2n) is 4.71. The van der Waals surface area contributed by atoms with Crippen LogP contribution >= 0.6 is 0 Å². The summed E-state index contributed by atoms with van der Waals surface area (Å²) < 4.78 is 6.85. The normalized spacial score (nSPS) is 20.9. The molecule has 22 heavy (non-hydrogen) atoms. The summed E-state index contributed by atoms with van der Waals surface area (Å²) in [5.74, 6) is 0. The van der Waals surface area contributed by atoms with Gasteiger partial charge in [-0.15, -0.1) is 0 Å². The van der Waals surface area contributed by atoms with E-state index in [2.05, 4.69) is 70.6 Å². The molecule has 0 radical (unpaired) electrons. The molecule has 0 amide bonds.